The van der Waals surface area contributed by atoms with Crippen molar-refractivity contribution < 1.29 is 9.53 Å². The largest absolute Gasteiger partial charge is 0.445 e. The standard InChI is InChI=1S/C15H15NO2/c1-10(2)15(12-7-5-4-6-8-12)11(3)13(9-16)14(17)18-15/h4-8,10H,1-3H3. The predicted molar refractivity (Wildman–Crippen MR) is 67.4 cm³/mol. The molecule has 0 fully saturated rings. The van der Waals surface area contributed by atoms with Gasteiger partial charge in [-0.3, -0.25) is 0 Å². The first kappa shape index (κ1) is 12.4. The van der Waals surface area contributed by atoms with Gasteiger partial charge in [-0.05, 0) is 6.92 Å². The summed E-state index contributed by atoms with van der Waals surface area (Å²) in [5.74, 6) is -0.456. The zero-order valence-electron chi connectivity index (χ0n) is 10.7. The van der Waals surface area contributed by atoms with E-state index in [1.165, 1.54) is 0 Å². The maximum Gasteiger partial charge on any atom is 0.350 e. The van der Waals surface area contributed by atoms with Crippen LogP contribution in [-0.4, -0.2) is 5.97 Å². The molecule has 92 valence electrons. The zero-order chi connectivity index (χ0) is 13.3. The number of carbonyl (C=O) groups excluding carboxylic acids is 1. The molecule has 1 heterocycles. The van der Waals surface area contributed by atoms with E-state index in [2.05, 4.69) is 0 Å². The fourth-order valence-corrected chi connectivity index (χ4v) is 2.59. The molecule has 0 aliphatic carbocycles. The average molecular weight is 241 g/mol. The number of ether oxygens (including phenoxy) is 1. The summed E-state index contributed by atoms with van der Waals surface area (Å²) in [5.41, 5.74) is 0.948. The predicted octanol–water partition coefficient (Wildman–Crippen LogP) is 2.93. The van der Waals surface area contributed by atoms with Crippen molar-refractivity contribution in [2.75, 3.05) is 0 Å². The van der Waals surface area contributed by atoms with Crippen LogP contribution in [0.4, 0.5) is 0 Å². The van der Waals surface area contributed by atoms with E-state index in [1.807, 2.05) is 50.2 Å². The van der Waals surface area contributed by atoms with E-state index < -0.39 is 11.6 Å². The molecule has 0 bridgehead atoms. The van der Waals surface area contributed by atoms with Crippen LogP contribution in [0, 0.1) is 17.2 Å². The highest BCUT2D eigenvalue weighted by Crippen LogP contribution is 2.46. The summed E-state index contributed by atoms with van der Waals surface area (Å²) >= 11 is 0. The van der Waals surface area contributed by atoms with Gasteiger partial charge in [0.15, 0.2) is 5.60 Å². The summed E-state index contributed by atoms with van der Waals surface area (Å²) in [5, 5.41) is 9.06. The molecular weight excluding hydrogens is 226 g/mol. The van der Waals surface area contributed by atoms with Crippen LogP contribution in [0.25, 0.3) is 0 Å². The molecule has 0 amide bonds. The minimum atomic E-state index is -0.802. The number of cyclic esters (lactones) is 1. The van der Waals surface area contributed by atoms with Gasteiger partial charge in [0.25, 0.3) is 0 Å². The minimum Gasteiger partial charge on any atom is -0.445 e. The Balaban J connectivity index is 2.67. The lowest BCUT2D eigenvalue weighted by Crippen LogP contribution is -2.34. The summed E-state index contributed by atoms with van der Waals surface area (Å²) in [6, 6.07) is 11.5. The molecule has 3 heteroatoms. The molecule has 0 spiro atoms. The van der Waals surface area contributed by atoms with Crippen LogP contribution in [-0.2, 0) is 15.1 Å². The SMILES string of the molecule is CC1=C(C#N)C(=O)OC1(c1ccccc1)C(C)C. The molecule has 1 atom stereocenters. The minimum absolute atomic E-state index is 0.0645. The third kappa shape index (κ3) is 1.53. The number of rotatable bonds is 2. The molecule has 1 aromatic rings. The molecule has 0 radical (unpaired) electrons. The maximum atomic E-state index is 11.8. The lowest BCUT2D eigenvalue weighted by atomic mass is 9.77. The molecule has 0 saturated heterocycles. The summed E-state index contributed by atoms with van der Waals surface area (Å²) in [7, 11) is 0. The molecule has 0 aromatic heterocycles. The Labute approximate surface area is 107 Å². The molecule has 0 N–H and O–H groups in total. The lowest BCUT2D eigenvalue weighted by molar-refractivity contribution is -0.151. The van der Waals surface area contributed by atoms with E-state index in [1.54, 1.807) is 6.92 Å². The Morgan fingerprint density at radius 2 is 1.89 bits per heavy atom. The second kappa shape index (κ2) is 4.30. The first-order chi connectivity index (χ1) is 8.54. The van der Waals surface area contributed by atoms with E-state index in [4.69, 9.17) is 10.00 Å². The van der Waals surface area contributed by atoms with Gasteiger partial charge in [0.1, 0.15) is 11.6 Å². The number of nitrogens with zero attached hydrogens (tertiary/aromatic N) is 1. The summed E-state index contributed by atoms with van der Waals surface area (Å²) < 4.78 is 5.58. The fraction of sp³-hybridized carbons (Fsp3) is 0.333. The van der Waals surface area contributed by atoms with Crippen LogP contribution in [0.2, 0.25) is 0 Å². The third-order valence-electron chi connectivity index (χ3n) is 3.52. The van der Waals surface area contributed by atoms with Gasteiger partial charge in [0, 0.05) is 17.1 Å². The van der Waals surface area contributed by atoms with Crippen LogP contribution in [0.3, 0.4) is 0 Å². The summed E-state index contributed by atoms with van der Waals surface area (Å²) in [6.07, 6.45) is 0. The van der Waals surface area contributed by atoms with Gasteiger partial charge in [-0.25, -0.2) is 4.79 Å². The van der Waals surface area contributed by atoms with Crippen LogP contribution in [0.1, 0.15) is 26.3 Å². The third-order valence-corrected chi connectivity index (χ3v) is 3.52. The topological polar surface area (TPSA) is 50.1 Å². The number of esters is 1. The van der Waals surface area contributed by atoms with E-state index in [0.29, 0.717) is 5.57 Å². The van der Waals surface area contributed by atoms with Crippen molar-refractivity contribution in [1.82, 2.24) is 0 Å². The Hall–Kier alpha value is -2.08. The van der Waals surface area contributed by atoms with Crippen molar-refractivity contribution in [3.05, 3.63) is 47.0 Å². The second-order valence-electron chi connectivity index (χ2n) is 4.76. The molecule has 1 aromatic carbocycles. The smallest absolute Gasteiger partial charge is 0.350 e. The van der Waals surface area contributed by atoms with Crippen molar-refractivity contribution in [3.8, 4) is 6.07 Å². The number of carbonyl (C=O) groups is 1. The second-order valence-corrected chi connectivity index (χ2v) is 4.76. The Bertz CT molecular complexity index is 552. The Morgan fingerprint density at radius 3 is 2.33 bits per heavy atom. The van der Waals surface area contributed by atoms with Crippen LogP contribution < -0.4 is 0 Å². The van der Waals surface area contributed by atoms with Crippen molar-refractivity contribution in [3.63, 3.8) is 0 Å². The average Bonchev–Trinajstić information content (AvgIpc) is 2.62. The highest BCUT2D eigenvalue weighted by atomic mass is 16.6. The monoisotopic (exact) mass is 241 g/mol. The van der Waals surface area contributed by atoms with E-state index in [9.17, 15) is 4.79 Å². The van der Waals surface area contributed by atoms with E-state index in [-0.39, 0.29) is 11.5 Å². The first-order valence-electron chi connectivity index (χ1n) is 5.94. The van der Waals surface area contributed by atoms with E-state index in [0.717, 1.165) is 5.56 Å². The van der Waals surface area contributed by atoms with Crippen molar-refractivity contribution >= 4 is 5.97 Å². The molecule has 1 aliphatic rings. The van der Waals surface area contributed by atoms with Crippen molar-refractivity contribution in [2.45, 2.75) is 26.4 Å². The first-order valence-corrected chi connectivity index (χ1v) is 5.94. The van der Waals surface area contributed by atoms with Gasteiger partial charge in [0.2, 0.25) is 0 Å². The fourth-order valence-electron chi connectivity index (χ4n) is 2.59. The Morgan fingerprint density at radius 1 is 1.28 bits per heavy atom. The van der Waals surface area contributed by atoms with Crippen molar-refractivity contribution in [1.29, 1.82) is 5.26 Å². The van der Waals surface area contributed by atoms with Gasteiger partial charge in [0.05, 0.1) is 0 Å². The summed E-state index contributed by atoms with van der Waals surface area (Å²) in [4.78, 5) is 11.8. The van der Waals surface area contributed by atoms with Gasteiger partial charge in [-0.1, -0.05) is 44.2 Å². The van der Waals surface area contributed by atoms with Gasteiger partial charge in [-0.2, -0.15) is 5.26 Å². The number of hydrogen-bond acceptors (Lipinski definition) is 3. The number of nitriles is 1. The Kier molecular flexibility index (Phi) is 2.96. The van der Waals surface area contributed by atoms with Crippen LogP contribution in [0.15, 0.2) is 41.5 Å². The zero-order valence-corrected chi connectivity index (χ0v) is 10.7. The molecule has 1 unspecified atom stereocenters. The van der Waals surface area contributed by atoms with Gasteiger partial charge >= 0.3 is 5.97 Å². The molecular formula is C15H15NO2. The molecule has 0 saturated carbocycles. The van der Waals surface area contributed by atoms with Gasteiger partial charge in [-0.15, -0.1) is 0 Å². The molecule has 1 aliphatic heterocycles. The number of hydrogen-bond donors (Lipinski definition) is 0. The maximum absolute atomic E-state index is 11.8. The highest BCUT2D eigenvalue weighted by Gasteiger charge is 2.49. The van der Waals surface area contributed by atoms with Gasteiger partial charge < -0.3 is 4.74 Å². The van der Waals surface area contributed by atoms with E-state index >= 15 is 0 Å². The van der Waals surface area contributed by atoms with Crippen molar-refractivity contribution in [2.24, 2.45) is 5.92 Å². The normalized spacial score (nSPS) is 23.2. The lowest BCUT2D eigenvalue weighted by Gasteiger charge is -2.34. The quantitative estimate of drug-likeness (QED) is 0.748. The summed E-state index contributed by atoms with van der Waals surface area (Å²) in [6.45, 7) is 5.78. The number of benzene rings is 1. The molecule has 3 nitrogen and oxygen atoms in total. The molecule has 18 heavy (non-hydrogen) atoms. The van der Waals surface area contributed by atoms with Crippen LogP contribution in [0.5, 0.6) is 0 Å². The van der Waals surface area contributed by atoms with Crippen LogP contribution >= 0.6 is 0 Å². The molecule has 2 rings (SSSR count). The highest BCUT2D eigenvalue weighted by molar-refractivity contribution is 5.97.